The minimum atomic E-state index is 0.104. The van der Waals surface area contributed by atoms with Crippen LogP contribution in [0.15, 0.2) is 48.5 Å². The van der Waals surface area contributed by atoms with Gasteiger partial charge in [-0.2, -0.15) is 0 Å². The maximum Gasteiger partial charge on any atom is 0.0384 e. The van der Waals surface area contributed by atoms with Crippen LogP contribution in [0.2, 0.25) is 0 Å². The van der Waals surface area contributed by atoms with Crippen LogP contribution < -0.4 is 5.32 Å². The summed E-state index contributed by atoms with van der Waals surface area (Å²) >= 11 is 0. The van der Waals surface area contributed by atoms with Gasteiger partial charge in [-0.3, -0.25) is 0 Å². The first kappa shape index (κ1) is 12.3. The van der Waals surface area contributed by atoms with Crippen molar-refractivity contribution < 1.29 is 0 Å². The highest BCUT2D eigenvalue weighted by molar-refractivity contribution is 5.61. The van der Waals surface area contributed by atoms with Crippen LogP contribution in [0.1, 0.15) is 37.0 Å². The summed E-state index contributed by atoms with van der Waals surface area (Å²) in [6.07, 6.45) is 1.13. The second kappa shape index (κ2) is 4.41. The molecular weight excluding hydrogens is 230 g/mol. The SMILES string of the molecule is Cc1ccc2c(c1)C(C)(c1ccccc1)CC(C)N2. The van der Waals surface area contributed by atoms with E-state index in [4.69, 9.17) is 0 Å². The largest absolute Gasteiger partial charge is 0.382 e. The van der Waals surface area contributed by atoms with Crippen molar-refractivity contribution in [3.05, 3.63) is 65.2 Å². The second-order valence-corrected chi connectivity index (χ2v) is 6.00. The van der Waals surface area contributed by atoms with Gasteiger partial charge < -0.3 is 5.32 Å². The van der Waals surface area contributed by atoms with E-state index in [1.807, 2.05) is 0 Å². The highest BCUT2D eigenvalue weighted by Crippen LogP contribution is 2.44. The Morgan fingerprint density at radius 2 is 1.84 bits per heavy atom. The average molecular weight is 251 g/mol. The summed E-state index contributed by atoms with van der Waals surface area (Å²) in [5, 5.41) is 3.61. The van der Waals surface area contributed by atoms with Gasteiger partial charge in [0.05, 0.1) is 0 Å². The van der Waals surface area contributed by atoms with Crippen LogP contribution in [0, 0.1) is 6.92 Å². The molecule has 1 nitrogen and oxygen atoms in total. The molecule has 0 aliphatic carbocycles. The summed E-state index contributed by atoms with van der Waals surface area (Å²) in [7, 11) is 0. The number of benzene rings is 2. The Hall–Kier alpha value is -1.76. The Labute approximate surface area is 115 Å². The fourth-order valence-corrected chi connectivity index (χ4v) is 3.36. The molecule has 0 fully saturated rings. The van der Waals surface area contributed by atoms with Crippen LogP contribution >= 0.6 is 0 Å². The number of fused-ring (bicyclic) bond motifs is 1. The number of anilines is 1. The highest BCUT2D eigenvalue weighted by atomic mass is 14.9. The van der Waals surface area contributed by atoms with Crippen LogP contribution in [-0.2, 0) is 5.41 Å². The molecule has 1 N–H and O–H groups in total. The third-order valence-corrected chi connectivity index (χ3v) is 4.30. The van der Waals surface area contributed by atoms with Gasteiger partial charge in [0, 0.05) is 17.1 Å². The number of rotatable bonds is 1. The maximum atomic E-state index is 3.61. The summed E-state index contributed by atoms with van der Waals surface area (Å²) in [5.41, 5.74) is 5.56. The molecule has 2 unspecified atom stereocenters. The number of hydrogen-bond acceptors (Lipinski definition) is 1. The standard InChI is InChI=1S/C18H21N/c1-13-9-10-17-16(11-13)18(3,12-14(2)19-17)15-7-5-4-6-8-15/h4-11,14,19H,12H2,1-3H3. The second-order valence-electron chi connectivity index (χ2n) is 6.00. The lowest BCUT2D eigenvalue weighted by atomic mass is 9.69. The predicted molar refractivity (Wildman–Crippen MR) is 81.8 cm³/mol. The molecule has 0 spiro atoms. The summed E-state index contributed by atoms with van der Waals surface area (Å²) in [6.45, 7) is 6.81. The molecule has 0 bridgehead atoms. The molecule has 0 saturated heterocycles. The zero-order chi connectivity index (χ0) is 13.5. The first-order valence-corrected chi connectivity index (χ1v) is 7.03. The van der Waals surface area contributed by atoms with Crippen molar-refractivity contribution in [3.8, 4) is 0 Å². The predicted octanol–water partition coefficient (Wildman–Crippen LogP) is 4.51. The normalized spacial score (nSPS) is 25.5. The van der Waals surface area contributed by atoms with E-state index < -0.39 is 0 Å². The third kappa shape index (κ3) is 2.03. The van der Waals surface area contributed by atoms with Crippen molar-refractivity contribution in [2.75, 3.05) is 5.32 Å². The Balaban J connectivity index is 2.20. The van der Waals surface area contributed by atoms with Gasteiger partial charge in [-0.15, -0.1) is 0 Å². The van der Waals surface area contributed by atoms with E-state index in [1.54, 1.807) is 0 Å². The minimum absolute atomic E-state index is 0.104. The van der Waals surface area contributed by atoms with Crippen molar-refractivity contribution in [2.45, 2.75) is 38.6 Å². The monoisotopic (exact) mass is 251 g/mol. The molecule has 98 valence electrons. The Morgan fingerprint density at radius 3 is 2.58 bits per heavy atom. The smallest absolute Gasteiger partial charge is 0.0384 e. The minimum Gasteiger partial charge on any atom is -0.382 e. The molecule has 19 heavy (non-hydrogen) atoms. The van der Waals surface area contributed by atoms with E-state index in [9.17, 15) is 0 Å². The van der Waals surface area contributed by atoms with E-state index in [0.29, 0.717) is 6.04 Å². The topological polar surface area (TPSA) is 12.0 Å². The molecular formula is C18H21N. The quantitative estimate of drug-likeness (QED) is 0.786. The summed E-state index contributed by atoms with van der Waals surface area (Å²) in [6, 6.07) is 18.1. The fraction of sp³-hybridized carbons (Fsp3) is 0.333. The molecule has 0 saturated carbocycles. The van der Waals surface area contributed by atoms with E-state index >= 15 is 0 Å². The molecule has 1 heteroatoms. The van der Waals surface area contributed by atoms with Crippen molar-refractivity contribution in [3.63, 3.8) is 0 Å². The van der Waals surface area contributed by atoms with E-state index in [-0.39, 0.29) is 5.41 Å². The van der Waals surface area contributed by atoms with Crippen molar-refractivity contribution >= 4 is 5.69 Å². The van der Waals surface area contributed by atoms with E-state index in [1.165, 1.54) is 22.4 Å². The zero-order valence-corrected chi connectivity index (χ0v) is 11.9. The Bertz CT molecular complexity index is 588. The van der Waals surface area contributed by atoms with Crippen LogP contribution in [0.3, 0.4) is 0 Å². The van der Waals surface area contributed by atoms with Gasteiger partial charge in [-0.25, -0.2) is 0 Å². The van der Waals surface area contributed by atoms with E-state index in [0.717, 1.165) is 6.42 Å². The lowest BCUT2D eigenvalue weighted by molar-refractivity contribution is 0.467. The van der Waals surface area contributed by atoms with Crippen molar-refractivity contribution in [1.29, 1.82) is 0 Å². The fourth-order valence-electron chi connectivity index (χ4n) is 3.36. The van der Waals surface area contributed by atoms with Gasteiger partial charge in [0.25, 0.3) is 0 Å². The molecule has 2 aromatic rings. The van der Waals surface area contributed by atoms with Gasteiger partial charge in [0.15, 0.2) is 0 Å². The van der Waals surface area contributed by atoms with E-state index in [2.05, 4.69) is 74.6 Å². The molecule has 0 amide bonds. The first-order valence-electron chi connectivity index (χ1n) is 7.03. The maximum absolute atomic E-state index is 3.61. The van der Waals surface area contributed by atoms with Crippen molar-refractivity contribution in [2.24, 2.45) is 0 Å². The molecule has 3 rings (SSSR count). The van der Waals surface area contributed by atoms with Gasteiger partial charge in [-0.1, -0.05) is 55.0 Å². The molecule has 1 aliphatic rings. The highest BCUT2D eigenvalue weighted by Gasteiger charge is 2.36. The van der Waals surface area contributed by atoms with Gasteiger partial charge in [0.2, 0.25) is 0 Å². The molecule has 0 radical (unpaired) electrons. The molecule has 2 aromatic carbocycles. The Kier molecular flexibility index (Phi) is 2.85. The third-order valence-electron chi connectivity index (χ3n) is 4.30. The number of aryl methyl sites for hydroxylation is 1. The summed E-state index contributed by atoms with van der Waals surface area (Å²) in [4.78, 5) is 0. The molecule has 2 atom stereocenters. The summed E-state index contributed by atoms with van der Waals surface area (Å²) < 4.78 is 0. The van der Waals surface area contributed by atoms with Crippen LogP contribution in [0.5, 0.6) is 0 Å². The van der Waals surface area contributed by atoms with Gasteiger partial charge in [-0.05, 0) is 37.5 Å². The number of nitrogens with one attached hydrogen (secondary N) is 1. The number of hydrogen-bond donors (Lipinski definition) is 1. The lowest BCUT2D eigenvalue weighted by Gasteiger charge is -2.40. The van der Waals surface area contributed by atoms with Gasteiger partial charge in [0.1, 0.15) is 0 Å². The molecule has 1 heterocycles. The molecule has 0 aromatic heterocycles. The first-order chi connectivity index (χ1) is 9.09. The van der Waals surface area contributed by atoms with Crippen molar-refractivity contribution in [1.82, 2.24) is 0 Å². The average Bonchev–Trinajstić information content (AvgIpc) is 2.41. The van der Waals surface area contributed by atoms with Crippen LogP contribution in [0.25, 0.3) is 0 Å². The lowest BCUT2D eigenvalue weighted by Crippen LogP contribution is -2.37. The Morgan fingerprint density at radius 1 is 1.11 bits per heavy atom. The summed E-state index contributed by atoms with van der Waals surface area (Å²) in [5.74, 6) is 0. The van der Waals surface area contributed by atoms with Gasteiger partial charge >= 0.3 is 0 Å². The van der Waals surface area contributed by atoms with Crippen LogP contribution in [0.4, 0.5) is 5.69 Å². The molecule has 1 aliphatic heterocycles. The van der Waals surface area contributed by atoms with Crippen LogP contribution in [-0.4, -0.2) is 6.04 Å². The zero-order valence-electron chi connectivity index (χ0n) is 11.9.